The predicted molar refractivity (Wildman–Crippen MR) is 157 cm³/mol. The van der Waals surface area contributed by atoms with Crippen molar-refractivity contribution in [1.29, 1.82) is 0 Å². The number of anilines is 1. The highest BCUT2D eigenvalue weighted by Gasteiger charge is 2.46. The van der Waals surface area contributed by atoms with Gasteiger partial charge in [0.2, 0.25) is 0 Å². The molecule has 2 aliphatic carbocycles. The third-order valence-corrected chi connectivity index (χ3v) is 9.22. The van der Waals surface area contributed by atoms with Gasteiger partial charge >= 0.3 is 18.3 Å². The smallest absolute Gasteiger partial charge is 0.324 e. The number of hydrogen-bond donors (Lipinski definition) is 1. The zero-order chi connectivity index (χ0) is 31.4. The Morgan fingerprint density at radius 3 is 2.34 bits per heavy atom. The summed E-state index contributed by atoms with van der Waals surface area (Å²) in [6.45, 7) is 0.325. The lowest BCUT2D eigenvalue weighted by Gasteiger charge is -2.40. The first-order valence-electron chi connectivity index (χ1n) is 15.4. The Kier molecular flexibility index (Phi) is 9.90. The van der Waals surface area contributed by atoms with E-state index in [-0.39, 0.29) is 23.8 Å². The minimum atomic E-state index is -4.30. The number of rotatable bonds is 14. The van der Waals surface area contributed by atoms with E-state index in [0.717, 1.165) is 42.6 Å². The molecule has 0 spiro atoms. The minimum absolute atomic E-state index is 0.0131. The van der Waals surface area contributed by atoms with Gasteiger partial charge in [-0.15, -0.1) is 0 Å². The van der Waals surface area contributed by atoms with Crippen LogP contribution < -0.4 is 14.4 Å². The summed E-state index contributed by atoms with van der Waals surface area (Å²) >= 11 is 0. The fourth-order valence-corrected chi connectivity index (χ4v) is 6.23. The SMILES string of the molecule is COc1ccc(C(=O)N(CC(F)(F)C(F)F)C2CCC2)c(N2CCC(COc3cccc(C(CC(=O)O)C4CC4)c3)CC2)c1. The first kappa shape index (κ1) is 31.9. The van der Waals surface area contributed by atoms with Crippen LogP contribution in [0.1, 0.15) is 73.2 Å². The molecule has 7 nitrogen and oxygen atoms in total. The van der Waals surface area contributed by atoms with Crippen LogP contribution in [0.2, 0.25) is 0 Å². The molecule has 2 aromatic carbocycles. The zero-order valence-corrected chi connectivity index (χ0v) is 24.9. The Morgan fingerprint density at radius 2 is 1.75 bits per heavy atom. The lowest BCUT2D eigenvalue weighted by molar-refractivity contribution is -0.143. The number of aliphatic carboxylic acids is 1. The Morgan fingerprint density at radius 1 is 1.02 bits per heavy atom. The molecule has 1 atom stereocenters. The van der Waals surface area contributed by atoms with E-state index in [4.69, 9.17) is 9.47 Å². The van der Waals surface area contributed by atoms with Gasteiger partial charge < -0.3 is 24.4 Å². The monoisotopic (exact) mass is 620 g/mol. The fourth-order valence-electron chi connectivity index (χ4n) is 6.23. The maximum absolute atomic E-state index is 14.1. The predicted octanol–water partition coefficient (Wildman–Crippen LogP) is 6.85. The number of carboxylic acid groups (broad SMARTS) is 1. The summed E-state index contributed by atoms with van der Waals surface area (Å²) in [6, 6.07) is 12.0. The van der Waals surface area contributed by atoms with Gasteiger partial charge in [0.05, 0.1) is 37.9 Å². The molecule has 1 heterocycles. The molecule has 1 amide bonds. The van der Waals surface area contributed by atoms with E-state index >= 15 is 0 Å². The number of methoxy groups -OCH3 is 1. The van der Waals surface area contributed by atoms with Gasteiger partial charge in [0, 0.05) is 25.2 Å². The third kappa shape index (κ3) is 7.58. The molecule has 0 aromatic heterocycles. The van der Waals surface area contributed by atoms with Crippen molar-refractivity contribution in [3.05, 3.63) is 53.6 Å². The van der Waals surface area contributed by atoms with Gasteiger partial charge in [-0.3, -0.25) is 9.59 Å². The van der Waals surface area contributed by atoms with Crippen LogP contribution in [0.4, 0.5) is 23.2 Å². The van der Waals surface area contributed by atoms with Crippen molar-refractivity contribution >= 4 is 17.6 Å². The average Bonchev–Trinajstić information content (AvgIpc) is 3.83. The highest BCUT2D eigenvalue weighted by molar-refractivity contribution is 6.00. The normalized spacial score (nSPS) is 18.5. The largest absolute Gasteiger partial charge is 0.497 e. The molecule has 2 aromatic rings. The number of carbonyl (C=O) groups is 2. The highest BCUT2D eigenvalue weighted by atomic mass is 19.3. The van der Waals surface area contributed by atoms with E-state index in [2.05, 4.69) is 0 Å². The van der Waals surface area contributed by atoms with Crippen molar-refractivity contribution in [2.45, 2.75) is 75.7 Å². The van der Waals surface area contributed by atoms with Crippen LogP contribution in [0.15, 0.2) is 42.5 Å². The zero-order valence-electron chi connectivity index (χ0n) is 24.9. The molecule has 3 fully saturated rings. The van der Waals surface area contributed by atoms with Crippen LogP contribution in [-0.2, 0) is 4.79 Å². The summed E-state index contributed by atoms with van der Waals surface area (Å²) in [7, 11) is 1.50. The number of alkyl halides is 4. The maximum atomic E-state index is 14.1. The second kappa shape index (κ2) is 13.6. The molecular weight excluding hydrogens is 580 g/mol. The fraction of sp³-hybridized carbons (Fsp3) is 0.576. The average molecular weight is 621 g/mol. The van der Waals surface area contributed by atoms with Gasteiger partial charge in [0.25, 0.3) is 5.91 Å². The number of halogens is 4. The molecule has 1 aliphatic heterocycles. The molecule has 0 radical (unpaired) electrons. The van der Waals surface area contributed by atoms with Crippen LogP contribution in [0.25, 0.3) is 0 Å². The summed E-state index contributed by atoms with van der Waals surface area (Å²) in [4.78, 5) is 28.0. The van der Waals surface area contributed by atoms with Crippen molar-refractivity contribution in [1.82, 2.24) is 4.90 Å². The quantitative estimate of drug-likeness (QED) is 0.233. The van der Waals surface area contributed by atoms with Crippen molar-refractivity contribution in [3.63, 3.8) is 0 Å². The molecule has 3 aliphatic rings. The summed E-state index contributed by atoms with van der Waals surface area (Å²) in [5.41, 5.74) is 1.72. The van der Waals surface area contributed by atoms with E-state index in [1.165, 1.54) is 13.2 Å². The van der Waals surface area contributed by atoms with Crippen molar-refractivity contribution in [2.75, 3.05) is 38.3 Å². The minimum Gasteiger partial charge on any atom is -0.497 e. The van der Waals surface area contributed by atoms with Gasteiger partial charge in [0.15, 0.2) is 0 Å². The second-order valence-electron chi connectivity index (χ2n) is 12.3. The Hall–Kier alpha value is -3.50. The van der Waals surface area contributed by atoms with Crippen LogP contribution in [0.3, 0.4) is 0 Å². The van der Waals surface area contributed by atoms with Gasteiger partial charge in [-0.05, 0) is 92.5 Å². The first-order valence-corrected chi connectivity index (χ1v) is 15.4. The Balaban J connectivity index is 1.24. The molecule has 240 valence electrons. The molecule has 0 bridgehead atoms. The van der Waals surface area contributed by atoms with E-state index in [1.54, 1.807) is 12.1 Å². The molecular formula is C33H40F4N2O5. The summed E-state index contributed by atoms with van der Waals surface area (Å²) in [5.74, 6) is -3.95. The lowest BCUT2D eigenvalue weighted by atomic mass is 9.90. The number of piperidine rings is 1. The van der Waals surface area contributed by atoms with Crippen molar-refractivity contribution < 1.29 is 41.7 Å². The lowest BCUT2D eigenvalue weighted by Crippen LogP contribution is -2.51. The maximum Gasteiger partial charge on any atom is 0.324 e. The Bertz CT molecular complexity index is 1310. The van der Waals surface area contributed by atoms with Crippen LogP contribution >= 0.6 is 0 Å². The van der Waals surface area contributed by atoms with E-state index in [0.29, 0.717) is 55.6 Å². The number of carbonyl (C=O) groups excluding carboxylic acids is 1. The molecule has 1 saturated heterocycles. The van der Waals surface area contributed by atoms with Gasteiger partial charge in [0.1, 0.15) is 11.5 Å². The Labute approximate surface area is 255 Å². The van der Waals surface area contributed by atoms with Crippen LogP contribution in [-0.4, -0.2) is 73.6 Å². The number of nitrogens with zero attached hydrogens (tertiary/aromatic N) is 2. The molecule has 5 rings (SSSR count). The van der Waals surface area contributed by atoms with Crippen LogP contribution in [0, 0.1) is 11.8 Å². The van der Waals surface area contributed by atoms with Gasteiger partial charge in [-0.1, -0.05) is 12.1 Å². The number of carboxylic acids is 1. The topological polar surface area (TPSA) is 79.3 Å². The molecule has 1 N–H and O–H groups in total. The molecule has 11 heteroatoms. The van der Waals surface area contributed by atoms with Crippen molar-refractivity contribution in [3.8, 4) is 11.5 Å². The number of ether oxygens (including phenoxy) is 2. The van der Waals surface area contributed by atoms with Crippen molar-refractivity contribution in [2.24, 2.45) is 11.8 Å². The first-order chi connectivity index (χ1) is 21.1. The molecule has 44 heavy (non-hydrogen) atoms. The van der Waals surface area contributed by atoms with Crippen LogP contribution in [0.5, 0.6) is 11.5 Å². The summed E-state index contributed by atoms with van der Waals surface area (Å²) in [5, 5.41) is 9.35. The van der Waals surface area contributed by atoms with E-state index < -0.39 is 36.8 Å². The summed E-state index contributed by atoms with van der Waals surface area (Å²) in [6.07, 6.45) is 1.61. The van der Waals surface area contributed by atoms with E-state index in [1.807, 2.05) is 29.2 Å². The number of hydrogen-bond acceptors (Lipinski definition) is 5. The number of amides is 1. The standard InChI is InChI=1S/C33H40F4N2O5/c1-43-25-10-11-27(31(42)39(24-5-3-6-24)20-33(36,37)32(34)35)29(17-25)38-14-12-21(13-15-38)19-44-26-7-2-4-23(16-26)28(18-30(40)41)22-8-9-22/h2,4,7,10-11,16-17,21-22,24,28,32H,3,5-6,8-9,12-15,18-20H2,1H3,(H,40,41). The summed E-state index contributed by atoms with van der Waals surface area (Å²) < 4.78 is 66.0. The van der Waals surface area contributed by atoms with Gasteiger partial charge in [-0.2, -0.15) is 8.78 Å². The second-order valence-corrected chi connectivity index (χ2v) is 12.3. The van der Waals surface area contributed by atoms with Gasteiger partial charge in [-0.25, -0.2) is 8.78 Å². The molecule has 2 saturated carbocycles. The highest BCUT2D eigenvalue weighted by Crippen LogP contribution is 2.45. The number of benzene rings is 2. The molecule has 1 unspecified atom stereocenters. The third-order valence-electron chi connectivity index (χ3n) is 9.22. The van der Waals surface area contributed by atoms with E-state index in [9.17, 15) is 32.3 Å².